The van der Waals surface area contributed by atoms with E-state index in [1.807, 2.05) is 30.3 Å². The Hall–Kier alpha value is -2.34. The highest BCUT2D eigenvalue weighted by molar-refractivity contribution is 5.86. The van der Waals surface area contributed by atoms with Crippen molar-refractivity contribution in [2.24, 2.45) is 0 Å². The summed E-state index contributed by atoms with van der Waals surface area (Å²) in [7, 11) is 0. The Balaban J connectivity index is 1.77. The average molecular weight is 303 g/mol. The number of rotatable bonds is 3. The fourth-order valence-electron chi connectivity index (χ4n) is 2.61. The van der Waals surface area contributed by atoms with Gasteiger partial charge in [-0.05, 0) is 19.1 Å². The SMILES string of the molecule is C[C@H](C(=O)N1CCO[C@H](C(=O)O)C1)c1cc2ccccc2o1. The number of para-hydroxylation sites is 1. The standard InChI is InChI=1S/C16H17NO5/c1-10(13-8-11-4-2-3-5-12(11)22-13)15(18)17-6-7-21-14(9-17)16(19)20/h2-5,8,10,14H,6-7,9H2,1H3,(H,19,20)/t10-,14-/m0/s1. The molecule has 1 aromatic heterocycles. The monoisotopic (exact) mass is 303 g/mol. The van der Waals surface area contributed by atoms with Crippen LogP contribution in [0.1, 0.15) is 18.6 Å². The molecule has 116 valence electrons. The van der Waals surface area contributed by atoms with Crippen molar-refractivity contribution in [1.29, 1.82) is 0 Å². The van der Waals surface area contributed by atoms with E-state index in [1.54, 1.807) is 6.92 Å². The van der Waals surface area contributed by atoms with Gasteiger partial charge in [0.2, 0.25) is 5.91 Å². The molecule has 1 amide bonds. The van der Waals surface area contributed by atoms with Gasteiger partial charge in [-0.3, -0.25) is 4.79 Å². The minimum Gasteiger partial charge on any atom is -0.479 e. The van der Waals surface area contributed by atoms with E-state index in [0.717, 1.165) is 11.0 Å². The zero-order valence-electron chi connectivity index (χ0n) is 12.2. The number of benzene rings is 1. The van der Waals surface area contributed by atoms with E-state index >= 15 is 0 Å². The Labute approximate surface area is 127 Å². The van der Waals surface area contributed by atoms with Crippen LogP contribution in [0, 0.1) is 0 Å². The van der Waals surface area contributed by atoms with Crippen LogP contribution in [0.15, 0.2) is 34.7 Å². The van der Waals surface area contributed by atoms with E-state index in [2.05, 4.69) is 0 Å². The summed E-state index contributed by atoms with van der Waals surface area (Å²) in [6, 6.07) is 9.42. The summed E-state index contributed by atoms with van der Waals surface area (Å²) in [5, 5.41) is 9.95. The highest BCUT2D eigenvalue weighted by Gasteiger charge is 2.32. The molecular weight excluding hydrogens is 286 g/mol. The maximum absolute atomic E-state index is 12.6. The molecule has 0 radical (unpaired) electrons. The van der Waals surface area contributed by atoms with Crippen molar-refractivity contribution in [3.8, 4) is 0 Å². The average Bonchev–Trinajstić information content (AvgIpc) is 2.97. The first-order valence-corrected chi connectivity index (χ1v) is 7.18. The zero-order chi connectivity index (χ0) is 15.7. The molecule has 6 heteroatoms. The Kier molecular flexibility index (Phi) is 3.85. The Morgan fingerprint density at radius 1 is 1.36 bits per heavy atom. The number of hydrogen-bond acceptors (Lipinski definition) is 4. The lowest BCUT2D eigenvalue weighted by atomic mass is 10.1. The van der Waals surface area contributed by atoms with Gasteiger partial charge >= 0.3 is 5.97 Å². The van der Waals surface area contributed by atoms with Crippen molar-refractivity contribution < 1.29 is 23.8 Å². The molecule has 1 saturated heterocycles. The molecular formula is C16H17NO5. The molecule has 0 saturated carbocycles. The van der Waals surface area contributed by atoms with Crippen LogP contribution < -0.4 is 0 Å². The molecule has 3 rings (SSSR count). The summed E-state index contributed by atoms with van der Waals surface area (Å²) in [4.78, 5) is 25.1. The molecule has 0 spiro atoms. The van der Waals surface area contributed by atoms with E-state index in [4.69, 9.17) is 14.3 Å². The number of carboxylic acids is 1. The molecule has 2 aromatic rings. The summed E-state index contributed by atoms with van der Waals surface area (Å²) in [6.07, 6.45) is -0.958. The highest BCUT2D eigenvalue weighted by atomic mass is 16.5. The fraction of sp³-hybridized carbons (Fsp3) is 0.375. The molecule has 1 aromatic carbocycles. The zero-order valence-corrected chi connectivity index (χ0v) is 12.2. The molecule has 1 aliphatic rings. The number of nitrogens with zero attached hydrogens (tertiary/aromatic N) is 1. The number of aliphatic carboxylic acids is 1. The number of amides is 1. The van der Waals surface area contributed by atoms with Crippen molar-refractivity contribution in [3.05, 3.63) is 36.1 Å². The quantitative estimate of drug-likeness (QED) is 0.936. The third-order valence-electron chi connectivity index (χ3n) is 3.90. The maximum Gasteiger partial charge on any atom is 0.334 e. The van der Waals surface area contributed by atoms with Crippen molar-refractivity contribution in [1.82, 2.24) is 4.90 Å². The van der Waals surface area contributed by atoms with Gasteiger partial charge < -0.3 is 19.2 Å². The summed E-state index contributed by atoms with van der Waals surface area (Å²) in [5.41, 5.74) is 0.738. The lowest BCUT2D eigenvalue weighted by Crippen LogP contribution is -2.49. The Morgan fingerprint density at radius 2 is 2.14 bits per heavy atom. The van der Waals surface area contributed by atoms with Crippen LogP contribution in [0.2, 0.25) is 0 Å². The molecule has 0 bridgehead atoms. The molecule has 0 unspecified atom stereocenters. The molecule has 22 heavy (non-hydrogen) atoms. The second-order valence-electron chi connectivity index (χ2n) is 5.39. The van der Waals surface area contributed by atoms with Gasteiger partial charge in [-0.2, -0.15) is 0 Å². The van der Waals surface area contributed by atoms with E-state index in [1.165, 1.54) is 4.90 Å². The molecule has 1 fully saturated rings. The first-order valence-electron chi connectivity index (χ1n) is 7.18. The van der Waals surface area contributed by atoms with Crippen LogP contribution in [0.3, 0.4) is 0 Å². The number of morpholine rings is 1. The third-order valence-corrected chi connectivity index (χ3v) is 3.90. The predicted molar refractivity (Wildman–Crippen MR) is 78.6 cm³/mol. The molecule has 1 aliphatic heterocycles. The van der Waals surface area contributed by atoms with Crippen LogP contribution in [0.25, 0.3) is 11.0 Å². The predicted octanol–water partition coefficient (Wildman–Crippen LogP) is 1.85. The Morgan fingerprint density at radius 3 is 2.86 bits per heavy atom. The van der Waals surface area contributed by atoms with Gasteiger partial charge in [0, 0.05) is 11.9 Å². The molecule has 2 heterocycles. The van der Waals surface area contributed by atoms with E-state index < -0.39 is 18.0 Å². The van der Waals surface area contributed by atoms with E-state index in [9.17, 15) is 9.59 Å². The summed E-state index contributed by atoms with van der Waals surface area (Å²) in [5.74, 6) is -1.06. The second-order valence-corrected chi connectivity index (χ2v) is 5.39. The number of fused-ring (bicyclic) bond motifs is 1. The smallest absolute Gasteiger partial charge is 0.334 e. The van der Waals surface area contributed by atoms with Gasteiger partial charge in [0.05, 0.1) is 19.1 Å². The number of carbonyl (C=O) groups excluding carboxylic acids is 1. The first kappa shape index (κ1) is 14.6. The van der Waals surface area contributed by atoms with Crippen LogP contribution in [-0.4, -0.2) is 47.7 Å². The van der Waals surface area contributed by atoms with Crippen LogP contribution >= 0.6 is 0 Å². The number of furan rings is 1. The maximum atomic E-state index is 12.6. The topological polar surface area (TPSA) is 80.0 Å². The molecule has 2 atom stereocenters. The minimum atomic E-state index is -1.05. The number of hydrogen-bond donors (Lipinski definition) is 1. The van der Waals surface area contributed by atoms with Gasteiger partial charge in [0.1, 0.15) is 11.3 Å². The second kappa shape index (κ2) is 5.81. The summed E-state index contributed by atoms with van der Waals surface area (Å²) >= 11 is 0. The third kappa shape index (κ3) is 2.69. The summed E-state index contributed by atoms with van der Waals surface area (Å²) < 4.78 is 10.9. The Bertz CT molecular complexity index is 674. The number of carbonyl (C=O) groups is 2. The largest absolute Gasteiger partial charge is 0.479 e. The molecule has 6 nitrogen and oxygen atoms in total. The lowest BCUT2D eigenvalue weighted by molar-refractivity contribution is -0.159. The van der Waals surface area contributed by atoms with Crippen LogP contribution in [0.5, 0.6) is 0 Å². The van der Waals surface area contributed by atoms with Crippen LogP contribution in [-0.2, 0) is 14.3 Å². The highest BCUT2D eigenvalue weighted by Crippen LogP contribution is 2.26. The van der Waals surface area contributed by atoms with Crippen molar-refractivity contribution in [2.75, 3.05) is 19.7 Å². The van der Waals surface area contributed by atoms with Crippen molar-refractivity contribution >= 4 is 22.8 Å². The van der Waals surface area contributed by atoms with Gasteiger partial charge in [-0.15, -0.1) is 0 Å². The molecule has 0 aliphatic carbocycles. The van der Waals surface area contributed by atoms with Crippen molar-refractivity contribution in [2.45, 2.75) is 18.9 Å². The first-order chi connectivity index (χ1) is 10.6. The van der Waals surface area contributed by atoms with Gasteiger partial charge in [-0.1, -0.05) is 18.2 Å². The fourth-order valence-corrected chi connectivity index (χ4v) is 2.61. The number of carboxylic acid groups (broad SMARTS) is 1. The van der Waals surface area contributed by atoms with Gasteiger partial charge in [0.25, 0.3) is 0 Å². The lowest BCUT2D eigenvalue weighted by Gasteiger charge is -2.32. The normalized spacial score (nSPS) is 20.0. The summed E-state index contributed by atoms with van der Waals surface area (Å²) in [6.45, 7) is 2.47. The van der Waals surface area contributed by atoms with Gasteiger partial charge in [-0.25, -0.2) is 4.79 Å². The van der Waals surface area contributed by atoms with Crippen molar-refractivity contribution in [3.63, 3.8) is 0 Å². The number of ether oxygens (including phenoxy) is 1. The van der Waals surface area contributed by atoms with Gasteiger partial charge in [0.15, 0.2) is 6.10 Å². The van der Waals surface area contributed by atoms with E-state index in [0.29, 0.717) is 12.3 Å². The van der Waals surface area contributed by atoms with E-state index in [-0.39, 0.29) is 19.1 Å². The molecule has 1 N–H and O–H groups in total. The minimum absolute atomic E-state index is 0.0682. The van der Waals surface area contributed by atoms with Crippen LogP contribution in [0.4, 0.5) is 0 Å².